The molecular weight excluding hydrogens is 390 g/mol. The van der Waals surface area contributed by atoms with Crippen molar-refractivity contribution in [2.24, 2.45) is 11.8 Å². The maximum absolute atomic E-state index is 12.4. The smallest absolute Gasteiger partial charge is 0.236 e. The number of piperidine rings is 1. The van der Waals surface area contributed by atoms with Gasteiger partial charge in [0.05, 0.1) is 17.2 Å². The first-order valence-electron chi connectivity index (χ1n) is 9.60. The number of likely N-dealkylation sites (tertiary alicyclic amines) is 1. The van der Waals surface area contributed by atoms with E-state index >= 15 is 0 Å². The van der Waals surface area contributed by atoms with Crippen LogP contribution in [-0.4, -0.2) is 46.3 Å². The zero-order valence-corrected chi connectivity index (χ0v) is 18.2. The number of rotatable bonds is 6. The molecule has 7 heteroatoms. The molecule has 2 heterocycles. The first-order valence-corrected chi connectivity index (χ1v) is 11.6. The Morgan fingerprint density at radius 1 is 1.18 bits per heavy atom. The lowest BCUT2D eigenvalue weighted by atomic mass is 9.92. The molecule has 1 aromatic carbocycles. The van der Waals surface area contributed by atoms with Crippen molar-refractivity contribution in [3.8, 4) is 11.3 Å². The van der Waals surface area contributed by atoms with Crippen LogP contribution in [0.25, 0.3) is 11.3 Å². The van der Waals surface area contributed by atoms with E-state index in [-0.39, 0.29) is 17.6 Å². The summed E-state index contributed by atoms with van der Waals surface area (Å²) in [5.74, 6) is 1.71. The van der Waals surface area contributed by atoms with Crippen molar-refractivity contribution >= 4 is 40.0 Å². The number of thiazole rings is 1. The number of aromatic nitrogens is 1. The molecule has 3 rings (SSSR count). The molecule has 1 N–H and O–H groups in total. The zero-order chi connectivity index (χ0) is 20.1. The molecule has 5 nitrogen and oxygen atoms in total. The van der Waals surface area contributed by atoms with Crippen LogP contribution in [0.1, 0.15) is 25.1 Å². The Bertz CT molecular complexity index is 812. The normalized spacial score (nSPS) is 19.5. The molecule has 1 aliphatic rings. The topological polar surface area (TPSA) is 62.3 Å². The van der Waals surface area contributed by atoms with Crippen LogP contribution in [0.15, 0.2) is 30.3 Å². The van der Waals surface area contributed by atoms with Crippen LogP contribution in [0.3, 0.4) is 0 Å². The summed E-state index contributed by atoms with van der Waals surface area (Å²) in [7, 11) is 0. The molecule has 2 aromatic rings. The second kappa shape index (κ2) is 9.56. The first kappa shape index (κ1) is 20.9. The number of nitrogens with one attached hydrogen (secondary N) is 1. The van der Waals surface area contributed by atoms with Crippen LogP contribution in [0.5, 0.6) is 0 Å². The van der Waals surface area contributed by atoms with E-state index in [0.717, 1.165) is 29.2 Å². The summed E-state index contributed by atoms with van der Waals surface area (Å²) < 4.78 is 0. The van der Waals surface area contributed by atoms with E-state index in [0.29, 0.717) is 22.7 Å². The molecule has 2 unspecified atom stereocenters. The lowest BCUT2D eigenvalue weighted by Crippen LogP contribution is -2.43. The van der Waals surface area contributed by atoms with E-state index in [1.54, 1.807) is 0 Å². The summed E-state index contributed by atoms with van der Waals surface area (Å²) in [5, 5.41) is 3.47. The lowest BCUT2D eigenvalue weighted by Gasteiger charge is -2.35. The molecule has 1 fully saturated rings. The van der Waals surface area contributed by atoms with Crippen molar-refractivity contribution < 1.29 is 9.59 Å². The van der Waals surface area contributed by atoms with Gasteiger partial charge in [0.1, 0.15) is 0 Å². The van der Waals surface area contributed by atoms with Crippen molar-refractivity contribution in [2.45, 2.75) is 27.2 Å². The summed E-state index contributed by atoms with van der Waals surface area (Å²) in [6, 6.07) is 9.94. The van der Waals surface area contributed by atoms with Crippen LogP contribution in [0.2, 0.25) is 0 Å². The molecule has 1 aromatic heterocycles. The van der Waals surface area contributed by atoms with Crippen LogP contribution in [0.4, 0.5) is 5.13 Å². The molecule has 0 spiro atoms. The zero-order valence-electron chi connectivity index (χ0n) is 16.6. The third-order valence-corrected chi connectivity index (χ3v) is 6.57. The fourth-order valence-electron chi connectivity index (χ4n) is 3.66. The van der Waals surface area contributed by atoms with Crippen molar-refractivity contribution in [1.82, 2.24) is 9.88 Å². The molecule has 0 radical (unpaired) electrons. The molecule has 1 saturated heterocycles. The van der Waals surface area contributed by atoms with Gasteiger partial charge in [0.25, 0.3) is 0 Å². The van der Waals surface area contributed by atoms with Gasteiger partial charge in [-0.05, 0) is 25.2 Å². The van der Waals surface area contributed by atoms with E-state index in [9.17, 15) is 9.59 Å². The van der Waals surface area contributed by atoms with Gasteiger partial charge >= 0.3 is 0 Å². The molecule has 2 atom stereocenters. The van der Waals surface area contributed by atoms with Crippen molar-refractivity contribution in [3.05, 3.63) is 35.2 Å². The van der Waals surface area contributed by atoms with E-state index in [1.165, 1.54) is 29.5 Å². The Morgan fingerprint density at radius 3 is 2.54 bits per heavy atom. The van der Waals surface area contributed by atoms with Gasteiger partial charge in [-0.15, -0.1) is 23.1 Å². The number of amides is 2. The number of hydrogen-bond donors (Lipinski definition) is 1. The Balaban J connectivity index is 1.47. The van der Waals surface area contributed by atoms with Gasteiger partial charge in [-0.3, -0.25) is 9.59 Å². The third-order valence-electron chi connectivity index (χ3n) is 4.77. The highest BCUT2D eigenvalue weighted by molar-refractivity contribution is 8.00. The Morgan fingerprint density at radius 2 is 1.86 bits per heavy atom. The number of anilines is 1. The van der Waals surface area contributed by atoms with Gasteiger partial charge in [-0.25, -0.2) is 4.98 Å². The molecule has 0 saturated carbocycles. The first-order chi connectivity index (χ1) is 13.4. The predicted molar refractivity (Wildman–Crippen MR) is 118 cm³/mol. The fraction of sp³-hybridized carbons (Fsp3) is 0.476. The molecular formula is C21H27N3O2S2. The number of thioether (sulfide) groups is 1. The summed E-state index contributed by atoms with van der Waals surface area (Å²) in [6.45, 7) is 8.04. The Hall–Kier alpha value is -1.86. The highest BCUT2D eigenvalue weighted by Crippen LogP contribution is 2.30. The average Bonchev–Trinajstić information content (AvgIpc) is 3.01. The largest absolute Gasteiger partial charge is 0.341 e. The molecule has 0 bridgehead atoms. The minimum absolute atomic E-state index is 0.119. The van der Waals surface area contributed by atoms with Gasteiger partial charge in [0.2, 0.25) is 11.8 Å². The van der Waals surface area contributed by atoms with Crippen molar-refractivity contribution in [1.29, 1.82) is 0 Å². The molecule has 1 aliphatic heterocycles. The second-order valence-corrected chi connectivity index (χ2v) is 9.76. The maximum Gasteiger partial charge on any atom is 0.236 e. The minimum atomic E-state index is -0.119. The predicted octanol–water partition coefficient (Wildman–Crippen LogP) is 4.29. The van der Waals surface area contributed by atoms with E-state index in [1.807, 2.05) is 42.2 Å². The van der Waals surface area contributed by atoms with Gasteiger partial charge in [-0.1, -0.05) is 44.2 Å². The van der Waals surface area contributed by atoms with Gasteiger partial charge < -0.3 is 10.2 Å². The number of aryl methyl sites for hydroxylation is 1. The lowest BCUT2D eigenvalue weighted by molar-refractivity contribution is -0.130. The Kier molecular flexibility index (Phi) is 7.13. The molecule has 150 valence electrons. The van der Waals surface area contributed by atoms with Crippen LogP contribution < -0.4 is 5.32 Å². The standard InChI is InChI=1S/C21H27N3O2S2/c1-14-9-15(2)11-24(10-14)19(26)13-27-12-18(25)22-21-23-20(16(3)28-21)17-7-5-4-6-8-17/h4-8,14-15H,9-13H2,1-3H3,(H,22,23,25). The number of carbonyl (C=O) groups is 2. The van der Waals surface area contributed by atoms with Crippen LogP contribution >= 0.6 is 23.1 Å². The summed E-state index contributed by atoms with van der Waals surface area (Å²) >= 11 is 2.84. The summed E-state index contributed by atoms with van der Waals surface area (Å²) in [4.78, 5) is 32.2. The third kappa shape index (κ3) is 5.58. The highest BCUT2D eigenvalue weighted by Gasteiger charge is 2.25. The molecule has 28 heavy (non-hydrogen) atoms. The van der Waals surface area contributed by atoms with Crippen LogP contribution in [0, 0.1) is 18.8 Å². The van der Waals surface area contributed by atoms with Crippen molar-refractivity contribution in [2.75, 3.05) is 29.9 Å². The fourth-order valence-corrected chi connectivity index (χ4v) is 5.23. The van der Waals surface area contributed by atoms with E-state index in [4.69, 9.17) is 0 Å². The number of nitrogens with zero attached hydrogens (tertiary/aromatic N) is 2. The molecule has 2 amide bonds. The monoisotopic (exact) mass is 417 g/mol. The van der Waals surface area contributed by atoms with Gasteiger partial charge in [-0.2, -0.15) is 0 Å². The molecule has 0 aliphatic carbocycles. The number of hydrogen-bond acceptors (Lipinski definition) is 5. The minimum Gasteiger partial charge on any atom is -0.341 e. The SMILES string of the molecule is Cc1sc(NC(=O)CSCC(=O)N2CC(C)CC(C)C2)nc1-c1ccccc1. The summed E-state index contributed by atoms with van der Waals surface area (Å²) in [5.41, 5.74) is 1.94. The van der Waals surface area contributed by atoms with Crippen LogP contribution in [-0.2, 0) is 9.59 Å². The van der Waals surface area contributed by atoms with Gasteiger partial charge in [0.15, 0.2) is 5.13 Å². The quantitative estimate of drug-likeness (QED) is 0.761. The average molecular weight is 418 g/mol. The number of carbonyl (C=O) groups excluding carboxylic acids is 2. The van der Waals surface area contributed by atoms with Crippen molar-refractivity contribution in [3.63, 3.8) is 0 Å². The van der Waals surface area contributed by atoms with Gasteiger partial charge in [0, 0.05) is 23.5 Å². The maximum atomic E-state index is 12.4. The van der Waals surface area contributed by atoms with E-state index in [2.05, 4.69) is 24.1 Å². The second-order valence-electron chi connectivity index (χ2n) is 7.58. The number of benzene rings is 1. The summed E-state index contributed by atoms with van der Waals surface area (Å²) in [6.07, 6.45) is 1.18. The van der Waals surface area contributed by atoms with E-state index < -0.39 is 0 Å². The highest BCUT2D eigenvalue weighted by atomic mass is 32.2. The Labute approximate surface area is 174 Å².